The van der Waals surface area contributed by atoms with Crippen molar-refractivity contribution in [3.05, 3.63) is 35.4 Å². The lowest BCUT2D eigenvalue weighted by molar-refractivity contribution is 0.0744. The van der Waals surface area contributed by atoms with E-state index >= 15 is 0 Å². The highest BCUT2D eigenvalue weighted by Gasteiger charge is 2.45. The lowest BCUT2D eigenvalue weighted by Crippen LogP contribution is -2.54. The molecule has 1 aromatic carbocycles. The zero-order valence-electron chi connectivity index (χ0n) is 12.3. The zero-order valence-corrected chi connectivity index (χ0v) is 12.3. The van der Waals surface area contributed by atoms with Crippen LogP contribution in [0.1, 0.15) is 51.1 Å². The summed E-state index contributed by atoms with van der Waals surface area (Å²) < 4.78 is 28.1. The predicted molar refractivity (Wildman–Crippen MR) is 77.4 cm³/mol. The Bertz CT molecular complexity index is 432. The van der Waals surface area contributed by atoms with Gasteiger partial charge in [0, 0.05) is 11.1 Å². The molecule has 0 amide bonds. The molecule has 0 heterocycles. The van der Waals surface area contributed by atoms with Crippen LogP contribution < -0.4 is 5.73 Å². The fourth-order valence-corrected chi connectivity index (χ4v) is 3.74. The van der Waals surface area contributed by atoms with Crippen LogP contribution in [0.4, 0.5) is 8.78 Å². The maximum absolute atomic E-state index is 14.1. The minimum absolute atomic E-state index is 0.0429. The lowest BCUT2D eigenvalue weighted by Gasteiger charge is -2.45. The topological polar surface area (TPSA) is 29.3 Å². The summed E-state index contributed by atoms with van der Waals surface area (Å²) in [5.41, 5.74) is 6.10. The third-order valence-corrected chi connectivity index (χ3v) is 4.75. The van der Waals surface area contributed by atoms with Gasteiger partial charge in [-0.15, -0.1) is 0 Å². The Morgan fingerprint density at radius 3 is 2.10 bits per heavy atom. The Morgan fingerprint density at radius 2 is 1.65 bits per heavy atom. The largest absolute Gasteiger partial charge is 0.322 e. The number of benzene rings is 1. The van der Waals surface area contributed by atoms with Crippen LogP contribution in [0.15, 0.2) is 18.2 Å². The molecule has 0 saturated heterocycles. The van der Waals surface area contributed by atoms with E-state index in [1.807, 2.05) is 0 Å². The zero-order chi connectivity index (χ0) is 14.8. The van der Waals surface area contributed by atoms with E-state index in [-0.39, 0.29) is 11.1 Å². The fourth-order valence-electron chi connectivity index (χ4n) is 3.74. The Labute approximate surface area is 120 Å². The highest BCUT2D eigenvalue weighted by Crippen LogP contribution is 2.44. The number of rotatable bonds is 5. The van der Waals surface area contributed by atoms with Crippen LogP contribution in [0.25, 0.3) is 0 Å². The molecule has 0 radical (unpaired) electrons. The molecule has 1 aromatic rings. The molecule has 1 saturated carbocycles. The number of hydrogen-bond donors (Lipinski definition) is 1. The molecule has 0 spiro atoms. The lowest BCUT2D eigenvalue weighted by atomic mass is 9.82. The smallest absolute Gasteiger partial charge is 0.130 e. The van der Waals surface area contributed by atoms with Crippen molar-refractivity contribution in [1.82, 2.24) is 4.90 Å². The van der Waals surface area contributed by atoms with Gasteiger partial charge in [0.25, 0.3) is 0 Å². The monoisotopic (exact) mass is 282 g/mol. The summed E-state index contributed by atoms with van der Waals surface area (Å²) >= 11 is 0. The molecule has 1 unspecified atom stereocenters. The van der Waals surface area contributed by atoms with E-state index in [1.165, 1.54) is 18.2 Å². The van der Waals surface area contributed by atoms with Crippen molar-refractivity contribution in [2.24, 2.45) is 5.73 Å². The maximum atomic E-state index is 14.1. The molecule has 2 rings (SSSR count). The first-order valence-corrected chi connectivity index (χ1v) is 7.51. The highest BCUT2D eigenvalue weighted by atomic mass is 19.1. The van der Waals surface area contributed by atoms with Crippen molar-refractivity contribution in [3.63, 3.8) is 0 Å². The molecular weight excluding hydrogens is 258 g/mol. The molecular formula is C16H24F2N2. The average molecular weight is 282 g/mol. The van der Waals surface area contributed by atoms with Crippen molar-refractivity contribution < 1.29 is 8.78 Å². The molecule has 1 aliphatic rings. The van der Waals surface area contributed by atoms with Gasteiger partial charge in [0.15, 0.2) is 0 Å². The van der Waals surface area contributed by atoms with E-state index in [9.17, 15) is 8.78 Å². The van der Waals surface area contributed by atoms with Gasteiger partial charge in [-0.05, 0) is 38.1 Å². The molecule has 1 aliphatic carbocycles. The second-order valence-electron chi connectivity index (χ2n) is 5.60. The van der Waals surface area contributed by atoms with Crippen LogP contribution in [-0.4, -0.2) is 23.5 Å². The molecule has 0 aliphatic heterocycles. The summed E-state index contributed by atoms with van der Waals surface area (Å²) in [5.74, 6) is -1.06. The van der Waals surface area contributed by atoms with Crippen LogP contribution >= 0.6 is 0 Å². The SMILES string of the molecule is CCN(CC)C1(C(N)c2c(F)cccc2F)CCCC1. The number of hydrogen-bond acceptors (Lipinski definition) is 2. The average Bonchev–Trinajstić information content (AvgIpc) is 2.90. The van der Waals surface area contributed by atoms with Gasteiger partial charge in [-0.1, -0.05) is 32.8 Å². The van der Waals surface area contributed by atoms with Gasteiger partial charge < -0.3 is 5.73 Å². The number of likely N-dealkylation sites (N-methyl/N-ethyl adjacent to an activating group) is 1. The standard InChI is InChI=1S/C16H24F2N2/c1-3-20(4-2)16(10-5-6-11-16)15(19)14-12(17)8-7-9-13(14)18/h7-9,15H,3-6,10-11,19H2,1-2H3. The summed E-state index contributed by atoms with van der Waals surface area (Å²) in [4.78, 5) is 2.27. The molecule has 2 N–H and O–H groups in total. The number of nitrogens with two attached hydrogens (primary N) is 1. The quantitative estimate of drug-likeness (QED) is 0.893. The summed E-state index contributed by atoms with van der Waals surface area (Å²) in [6, 6.07) is 3.36. The molecule has 0 aromatic heterocycles. The second-order valence-corrected chi connectivity index (χ2v) is 5.60. The van der Waals surface area contributed by atoms with E-state index < -0.39 is 17.7 Å². The molecule has 4 heteroatoms. The van der Waals surface area contributed by atoms with E-state index in [0.29, 0.717) is 0 Å². The molecule has 2 nitrogen and oxygen atoms in total. The van der Waals surface area contributed by atoms with Crippen LogP contribution in [0.3, 0.4) is 0 Å². The summed E-state index contributed by atoms with van der Waals surface area (Å²) in [6.07, 6.45) is 3.95. The second kappa shape index (κ2) is 6.19. The molecule has 112 valence electrons. The van der Waals surface area contributed by atoms with E-state index in [4.69, 9.17) is 5.73 Å². The first-order valence-electron chi connectivity index (χ1n) is 7.51. The first-order chi connectivity index (χ1) is 9.56. The first kappa shape index (κ1) is 15.4. The third kappa shape index (κ3) is 2.47. The van der Waals surface area contributed by atoms with Crippen molar-refractivity contribution in [3.8, 4) is 0 Å². The highest BCUT2D eigenvalue weighted by molar-refractivity contribution is 5.27. The summed E-state index contributed by atoms with van der Waals surface area (Å²) in [6.45, 7) is 5.85. The van der Waals surface area contributed by atoms with Gasteiger partial charge in [0.1, 0.15) is 11.6 Å². The summed E-state index contributed by atoms with van der Waals surface area (Å²) in [7, 11) is 0. The van der Waals surface area contributed by atoms with Crippen LogP contribution in [0.2, 0.25) is 0 Å². The number of nitrogens with zero attached hydrogens (tertiary/aromatic N) is 1. The Balaban J connectivity index is 2.44. The van der Waals surface area contributed by atoms with E-state index in [2.05, 4.69) is 18.7 Å². The van der Waals surface area contributed by atoms with E-state index in [0.717, 1.165) is 38.8 Å². The minimum Gasteiger partial charge on any atom is -0.322 e. The van der Waals surface area contributed by atoms with Crippen LogP contribution in [0.5, 0.6) is 0 Å². The summed E-state index contributed by atoms with van der Waals surface area (Å²) in [5, 5.41) is 0. The van der Waals surface area contributed by atoms with Crippen molar-refractivity contribution in [1.29, 1.82) is 0 Å². The Morgan fingerprint density at radius 1 is 1.15 bits per heavy atom. The van der Waals surface area contributed by atoms with Crippen LogP contribution in [-0.2, 0) is 0 Å². The Hall–Kier alpha value is -1.00. The maximum Gasteiger partial charge on any atom is 0.130 e. The van der Waals surface area contributed by atoms with Crippen molar-refractivity contribution in [2.75, 3.05) is 13.1 Å². The van der Waals surface area contributed by atoms with Gasteiger partial charge in [0.05, 0.1) is 6.04 Å². The Kier molecular flexibility index (Phi) is 4.76. The molecule has 20 heavy (non-hydrogen) atoms. The predicted octanol–water partition coefficient (Wildman–Crippen LogP) is 3.62. The van der Waals surface area contributed by atoms with Gasteiger partial charge in [-0.3, -0.25) is 4.90 Å². The normalized spacial score (nSPS) is 19.5. The van der Waals surface area contributed by atoms with Crippen molar-refractivity contribution in [2.45, 2.75) is 51.1 Å². The van der Waals surface area contributed by atoms with Gasteiger partial charge in [-0.25, -0.2) is 8.78 Å². The molecule has 1 atom stereocenters. The van der Waals surface area contributed by atoms with Crippen LogP contribution in [0, 0.1) is 11.6 Å². The number of halogens is 2. The molecule has 0 bridgehead atoms. The van der Waals surface area contributed by atoms with E-state index in [1.54, 1.807) is 0 Å². The molecule has 1 fully saturated rings. The third-order valence-electron chi connectivity index (χ3n) is 4.75. The van der Waals surface area contributed by atoms with Crippen molar-refractivity contribution >= 4 is 0 Å². The van der Waals surface area contributed by atoms with Gasteiger partial charge >= 0.3 is 0 Å². The fraction of sp³-hybridized carbons (Fsp3) is 0.625. The van der Waals surface area contributed by atoms with Gasteiger partial charge in [-0.2, -0.15) is 0 Å². The minimum atomic E-state index is -0.619. The van der Waals surface area contributed by atoms with Gasteiger partial charge in [0.2, 0.25) is 0 Å².